The van der Waals surface area contributed by atoms with Crippen LogP contribution in [0.1, 0.15) is 18.2 Å². The van der Waals surface area contributed by atoms with Crippen molar-refractivity contribution in [2.24, 2.45) is 0 Å². The Morgan fingerprint density at radius 2 is 1.81 bits per heavy atom. The standard InChI is InChI=1S/C18H18FNO/c1-3-20-16(11-14-10-15(19)6-9-18(14)20)12-21-17-7-4-13(2)5-8-17/h4-11H,3,12H2,1-2H3. The third-order valence-electron chi connectivity index (χ3n) is 3.67. The van der Waals surface area contributed by atoms with Crippen molar-refractivity contribution in [3.8, 4) is 5.75 Å². The van der Waals surface area contributed by atoms with Crippen LogP contribution in [0.5, 0.6) is 5.75 Å². The molecule has 3 rings (SSSR count). The second kappa shape index (κ2) is 5.60. The Labute approximate surface area is 123 Å². The monoisotopic (exact) mass is 283 g/mol. The first-order valence-corrected chi connectivity index (χ1v) is 7.14. The molecule has 0 aliphatic carbocycles. The lowest BCUT2D eigenvalue weighted by atomic mass is 10.2. The molecule has 0 atom stereocenters. The molecule has 0 unspecified atom stereocenters. The highest BCUT2D eigenvalue weighted by atomic mass is 19.1. The van der Waals surface area contributed by atoms with E-state index in [0.717, 1.165) is 28.9 Å². The van der Waals surface area contributed by atoms with Crippen LogP contribution in [0.4, 0.5) is 4.39 Å². The van der Waals surface area contributed by atoms with Gasteiger partial charge in [0.1, 0.15) is 18.2 Å². The van der Waals surface area contributed by atoms with E-state index < -0.39 is 0 Å². The maximum atomic E-state index is 13.3. The summed E-state index contributed by atoms with van der Waals surface area (Å²) in [5.74, 6) is 0.640. The van der Waals surface area contributed by atoms with Gasteiger partial charge in [0.05, 0.1) is 5.69 Å². The van der Waals surface area contributed by atoms with E-state index in [1.54, 1.807) is 6.07 Å². The number of fused-ring (bicyclic) bond motifs is 1. The first-order valence-electron chi connectivity index (χ1n) is 7.14. The summed E-state index contributed by atoms with van der Waals surface area (Å²) in [6.07, 6.45) is 0. The normalized spacial score (nSPS) is 11.0. The predicted octanol–water partition coefficient (Wildman–Crippen LogP) is 4.69. The average Bonchev–Trinajstić information content (AvgIpc) is 2.83. The summed E-state index contributed by atoms with van der Waals surface area (Å²) in [6, 6.07) is 14.9. The van der Waals surface area contributed by atoms with Crippen LogP contribution in [-0.4, -0.2) is 4.57 Å². The van der Waals surface area contributed by atoms with Crippen molar-refractivity contribution in [1.29, 1.82) is 0 Å². The zero-order valence-corrected chi connectivity index (χ0v) is 12.3. The highest BCUT2D eigenvalue weighted by molar-refractivity contribution is 5.81. The van der Waals surface area contributed by atoms with Crippen LogP contribution in [0.3, 0.4) is 0 Å². The van der Waals surface area contributed by atoms with Gasteiger partial charge >= 0.3 is 0 Å². The summed E-state index contributed by atoms with van der Waals surface area (Å²) >= 11 is 0. The summed E-state index contributed by atoms with van der Waals surface area (Å²) in [6.45, 7) is 5.44. The Morgan fingerprint density at radius 1 is 1.05 bits per heavy atom. The van der Waals surface area contributed by atoms with Crippen molar-refractivity contribution in [2.45, 2.75) is 27.0 Å². The molecule has 1 heterocycles. The molecule has 0 aliphatic heterocycles. The number of rotatable bonds is 4. The summed E-state index contributed by atoms with van der Waals surface area (Å²) < 4.78 is 21.3. The zero-order valence-electron chi connectivity index (χ0n) is 12.3. The van der Waals surface area contributed by atoms with Crippen molar-refractivity contribution in [3.05, 3.63) is 65.6 Å². The molecule has 0 radical (unpaired) electrons. The van der Waals surface area contributed by atoms with Gasteiger partial charge < -0.3 is 9.30 Å². The molecule has 0 amide bonds. The third-order valence-corrected chi connectivity index (χ3v) is 3.67. The van der Waals surface area contributed by atoms with Crippen molar-refractivity contribution < 1.29 is 9.13 Å². The zero-order chi connectivity index (χ0) is 14.8. The number of hydrogen-bond donors (Lipinski definition) is 0. The van der Waals surface area contributed by atoms with Gasteiger partial charge in [0.2, 0.25) is 0 Å². The Morgan fingerprint density at radius 3 is 2.52 bits per heavy atom. The van der Waals surface area contributed by atoms with Gasteiger partial charge in [-0.1, -0.05) is 17.7 Å². The Kier molecular flexibility index (Phi) is 3.65. The fourth-order valence-electron chi connectivity index (χ4n) is 2.58. The average molecular weight is 283 g/mol. The van der Waals surface area contributed by atoms with Crippen molar-refractivity contribution in [1.82, 2.24) is 4.57 Å². The number of ether oxygens (including phenoxy) is 1. The number of aryl methyl sites for hydroxylation is 2. The summed E-state index contributed by atoms with van der Waals surface area (Å²) in [5.41, 5.74) is 3.31. The first kappa shape index (κ1) is 13.7. The molecule has 0 bridgehead atoms. The molecule has 2 aromatic carbocycles. The smallest absolute Gasteiger partial charge is 0.128 e. The summed E-state index contributed by atoms with van der Waals surface area (Å²) in [5, 5.41) is 0.916. The van der Waals surface area contributed by atoms with Gasteiger partial charge in [-0.15, -0.1) is 0 Å². The van der Waals surface area contributed by atoms with Crippen LogP contribution in [0.2, 0.25) is 0 Å². The van der Waals surface area contributed by atoms with Crippen molar-refractivity contribution >= 4 is 10.9 Å². The van der Waals surface area contributed by atoms with Crippen LogP contribution in [0, 0.1) is 12.7 Å². The lowest BCUT2D eigenvalue weighted by Gasteiger charge is -2.10. The minimum absolute atomic E-state index is 0.207. The molecule has 0 spiro atoms. The van der Waals surface area contributed by atoms with Crippen LogP contribution in [0.25, 0.3) is 10.9 Å². The van der Waals surface area contributed by atoms with Crippen LogP contribution < -0.4 is 4.74 Å². The fraction of sp³-hybridized carbons (Fsp3) is 0.222. The van der Waals surface area contributed by atoms with Gasteiger partial charge in [0, 0.05) is 17.4 Å². The predicted molar refractivity (Wildman–Crippen MR) is 83.1 cm³/mol. The lowest BCUT2D eigenvalue weighted by Crippen LogP contribution is -2.04. The topological polar surface area (TPSA) is 14.2 Å². The molecular weight excluding hydrogens is 265 g/mol. The molecule has 0 saturated carbocycles. The first-order chi connectivity index (χ1) is 10.2. The van der Waals surface area contributed by atoms with Gasteiger partial charge in [-0.3, -0.25) is 0 Å². The maximum absolute atomic E-state index is 13.3. The quantitative estimate of drug-likeness (QED) is 0.677. The Hall–Kier alpha value is -2.29. The van der Waals surface area contributed by atoms with E-state index in [0.29, 0.717) is 6.61 Å². The van der Waals surface area contributed by atoms with E-state index in [1.165, 1.54) is 11.6 Å². The molecule has 0 N–H and O–H groups in total. The van der Waals surface area contributed by atoms with E-state index in [1.807, 2.05) is 43.3 Å². The van der Waals surface area contributed by atoms with Crippen LogP contribution >= 0.6 is 0 Å². The highest BCUT2D eigenvalue weighted by Crippen LogP contribution is 2.22. The molecule has 0 saturated heterocycles. The number of halogens is 1. The third kappa shape index (κ3) is 2.77. The fourth-order valence-corrected chi connectivity index (χ4v) is 2.58. The number of benzene rings is 2. The maximum Gasteiger partial charge on any atom is 0.128 e. The van der Waals surface area contributed by atoms with E-state index in [9.17, 15) is 4.39 Å². The van der Waals surface area contributed by atoms with Gasteiger partial charge in [-0.05, 0) is 50.2 Å². The molecule has 0 aliphatic rings. The minimum atomic E-state index is -0.207. The van der Waals surface area contributed by atoms with Gasteiger partial charge in [0.15, 0.2) is 0 Å². The minimum Gasteiger partial charge on any atom is -0.487 e. The lowest BCUT2D eigenvalue weighted by molar-refractivity contribution is 0.296. The second-order valence-electron chi connectivity index (χ2n) is 5.18. The molecule has 1 aromatic heterocycles. The molecule has 3 aromatic rings. The summed E-state index contributed by atoms with van der Waals surface area (Å²) in [4.78, 5) is 0. The number of hydrogen-bond acceptors (Lipinski definition) is 1. The van der Waals surface area contributed by atoms with E-state index in [4.69, 9.17) is 4.74 Å². The van der Waals surface area contributed by atoms with Crippen molar-refractivity contribution in [3.63, 3.8) is 0 Å². The number of nitrogens with zero attached hydrogens (tertiary/aromatic N) is 1. The summed E-state index contributed by atoms with van der Waals surface area (Å²) in [7, 11) is 0. The molecule has 21 heavy (non-hydrogen) atoms. The van der Waals surface area contributed by atoms with Crippen molar-refractivity contribution in [2.75, 3.05) is 0 Å². The van der Waals surface area contributed by atoms with Crippen LogP contribution in [0.15, 0.2) is 48.5 Å². The Balaban J connectivity index is 1.87. The molecule has 108 valence electrons. The largest absolute Gasteiger partial charge is 0.487 e. The molecule has 0 fully saturated rings. The molecule has 2 nitrogen and oxygen atoms in total. The van der Waals surface area contributed by atoms with E-state index in [2.05, 4.69) is 11.5 Å². The Bertz CT molecular complexity index is 759. The van der Waals surface area contributed by atoms with E-state index in [-0.39, 0.29) is 5.82 Å². The number of aromatic nitrogens is 1. The van der Waals surface area contributed by atoms with Gasteiger partial charge in [-0.2, -0.15) is 0 Å². The molecule has 3 heteroatoms. The molecular formula is C18H18FNO. The van der Waals surface area contributed by atoms with Crippen LogP contribution in [-0.2, 0) is 13.2 Å². The second-order valence-corrected chi connectivity index (χ2v) is 5.18. The van der Waals surface area contributed by atoms with E-state index >= 15 is 0 Å². The van der Waals surface area contributed by atoms with Gasteiger partial charge in [0.25, 0.3) is 0 Å². The van der Waals surface area contributed by atoms with Gasteiger partial charge in [-0.25, -0.2) is 4.39 Å². The SMILES string of the molecule is CCn1c(COc2ccc(C)cc2)cc2cc(F)ccc21. The highest BCUT2D eigenvalue weighted by Gasteiger charge is 2.09.